The Labute approximate surface area is 239 Å². The number of aromatic hydroxyl groups is 2. The van der Waals surface area contributed by atoms with Crippen molar-refractivity contribution >= 4 is 50.9 Å². The van der Waals surface area contributed by atoms with Gasteiger partial charge in [-0.3, -0.25) is 14.4 Å². The van der Waals surface area contributed by atoms with Crippen LogP contribution in [0.4, 0.5) is 11.4 Å². The molecular formula is C31H27N5O6. The van der Waals surface area contributed by atoms with Crippen molar-refractivity contribution in [3.63, 3.8) is 0 Å². The molecule has 5 aromatic rings. The number of fused-ring (bicyclic) bond motifs is 4. The van der Waals surface area contributed by atoms with E-state index in [2.05, 4.69) is 15.3 Å². The zero-order valence-electron chi connectivity index (χ0n) is 22.4. The van der Waals surface area contributed by atoms with Crippen molar-refractivity contribution in [3.05, 3.63) is 83.2 Å². The second-order valence-electron chi connectivity index (χ2n) is 10.5. The largest absolute Gasteiger partial charge is 0.508 e. The molecule has 1 fully saturated rings. The van der Waals surface area contributed by atoms with Gasteiger partial charge in [-0.05, 0) is 66.6 Å². The van der Waals surface area contributed by atoms with E-state index >= 15 is 0 Å². The number of aromatic nitrogens is 2. The molecule has 0 bridgehead atoms. The second kappa shape index (κ2) is 9.96. The van der Waals surface area contributed by atoms with Gasteiger partial charge in [0.15, 0.2) is 0 Å². The predicted octanol–water partition coefficient (Wildman–Crippen LogP) is 3.99. The van der Waals surface area contributed by atoms with Crippen LogP contribution in [-0.2, 0) is 11.2 Å². The lowest BCUT2D eigenvalue weighted by Crippen LogP contribution is -2.40. The number of phenols is 2. The summed E-state index contributed by atoms with van der Waals surface area (Å²) in [6.45, 7) is 2.43. The minimum absolute atomic E-state index is 0.0323. The highest BCUT2D eigenvalue weighted by Crippen LogP contribution is 2.40. The zero-order chi connectivity index (χ0) is 29.0. The molecule has 3 amide bonds. The lowest BCUT2D eigenvalue weighted by atomic mass is 10.1. The monoisotopic (exact) mass is 565 g/mol. The average molecular weight is 566 g/mol. The van der Waals surface area contributed by atoms with Crippen LogP contribution >= 0.6 is 0 Å². The van der Waals surface area contributed by atoms with Crippen LogP contribution in [0.2, 0.25) is 0 Å². The van der Waals surface area contributed by atoms with Gasteiger partial charge in [-0.25, -0.2) is 0 Å². The van der Waals surface area contributed by atoms with Gasteiger partial charge in [-0.1, -0.05) is 0 Å². The highest BCUT2D eigenvalue weighted by Gasteiger charge is 2.31. The van der Waals surface area contributed by atoms with Gasteiger partial charge in [0.2, 0.25) is 0 Å². The summed E-state index contributed by atoms with van der Waals surface area (Å²) < 4.78 is 5.35. The van der Waals surface area contributed by atoms with Gasteiger partial charge in [0, 0.05) is 53.2 Å². The summed E-state index contributed by atoms with van der Waals surface area (Å²) in [5.41, 5.74) is 4.44. The van der Waals surface area contributed by atoms with E-state index < -0.39 is 0 Å². The molecule has 0 saturated carbocycles. The maximum atomic E-state index is 13.7. The number of phenolic OH excluding ortho intramolecular Hbond substituents is 2. The number of hydrogen-bond donors (Lipinski definition) is 5. The first kappa shape index (κ1) is 25.7. The Morgan fingerprint density at radius 3 is 2.38 bits per heavy atom. The summed E-state index contributed by atoms with van der Waals surface area (Å²) in [7, 11) is 0. The molecule has 5 N–H and O–H groups in total. The molecule has 11 heteroatoms. The molecule has 42 heavy (non-hydrogen) atoms. The lowest BCUT2D eigenvalue weighted by molar-refractivity contribution is 0.0299. The number of rotatable bonds is 4. The van der Waals surface area contributed by atoms with Crippen LogP contribution in [0.1, 0.15) is 36.9 Å². The summed E-state index contributed by atoms with van der Waals surface area (Å²) in [6.07, 6.45) is 0.578. The highest BCUT2D eigenvalue weighted by atomic mass is 16.5. The molecule has 2 aliphatic rings. The van der Waals surface area contributed by atoms with Gasteiger partial charge in [0.1, 0.15) is 22.9 Å². The van der Waals surface area contributed by atoms with Gasteiger partial charge in [0.25, 0.3) is 17.7 Å². The Hall–Kier alpha value is -5.29. The van der Waals surface area contributed by atoms with Crippen molar-refractivity contribution in [2.75, 3.05) is 43.1 Å². The van der Waals surface area contributed by atoms with Crippen LogP contribution in [0.15, 0.2) is 60.7 Å². The van der Waals surface area contributed by atoms with E-state index in [1.54, 1.807) is 46.2 Å². The third kappa shape index (κ3) is 4.40. The molecule has 11 nitrogen and oxygen atoms in total. The van der Waals surface area contributed by atoms with Gasteiger partial charge >= 0.3 is 0 Å². The Balaban J connectivity index is 1.14. The minimum atomic E-state index is -0.319. The number of hydrogen-bond acceptors (Lipinski definition) is 6. The molecule has 0 aliphatic carbocycles. The molecule has 2 aromatic heterocycles. The number of ether oxygens (including phenoxy) is 1. The normalized spacial score (nSPS) is 14.9. The first-order chi connectivity index (χ1) is 20.4. The van der Waals surface area contributed by atoms with Crippen LogP contribution in [0.25, 0.3) is 21.8 Å². The summed E-state index contributed by atoms with van der Waals surface area (Å²) >= 11 is 0. The summed E-state index contributed by atoms with van der Waals surface area (Å²) in [4.78, 5) is 48.9. The summed E-state index contributed by atoms with van der Waals surface area (Å²) in [5, 5.41) is 24.6. The van der Waals surface area contributed by atoms with Gasteiger partial charge in [-0.2, -0.15) is 0 Å². The van der Waals surface area contributed by atoms with E-state index in [0.717, 1.165) is 21.9 Å². The number of morpholine rings is 1. The van der Waals surface area contributed by atoms with Crippen LogP contribution < -0.4 is 10.2 Å². The van der Waals surface area contributed by atoms with Crippen molar-refractivity contribution in [3.8, 4) is 11.5 Å². The number of nitrogens with one attached hydrogen (secondary N) is 3. The Morgan fingerprint density at radius 1 is 0.833 bits per heavy atom. The molecule has 0 radical (unpaired) electrons. The number of carbonyl (C=O) groups is 3. The molecule has 212 valence electrons. The van der Waals surface area contributed by atoms with Gasteiger partial charge in [0.05, 0.1) is 24.4 Å². The molecule has 1 saturated heterocycles. The molecule has 0 spiro atoms. The van der Waals surface area contributed by atoms with Crippen molar-refractivity contribution in [2.45, 2.75) is 6.42 Å². The van der Waals surface area contributed by atoms with E-state index in [0.29, 0.717) is 73.1 Å². The molecule has 0 atom stereocenters. The van der Waals surface area contributed by atoms with Crippen molar-refractivity contribution in [1.29, 1.82) is 0 Å². The van der Waals surface area contributed by atoms with Crippen LogP contribution in [0.3, 0.4) is 0 Å². The first-order valence-corrected chi connectivity index (χ1v) is 13.7. The fourth-order valence-corrected chi connectivity index (χ4v) is 5.72. The van der Waals surface area contributed by atoms with Crippen molar-refractivity contribution in [1.82, 2.24) is 14.9 Å². The van der Waals surface area contributed by atoms with E-state index in [-0.39, 0.29) is 29.2 Å². The van der Waals surface area contributed by atoms with Gasteiger partial charge < -0.3 is 40.0 Å². The molecule has 3 aromatic carbocycles. The minimum Gasteiger partial charge on any atom is -0.508 e. The average Bonchev–Trinajstić information content (AvgIpc) is 3.74. The zero-order valence-corrected chi connectivity index (χ0v) is 22.4. The van der Waals surface area contributed by atoms with Crippen LogP contribution in [0, 0.1) is 0 Å². The molecule has 0 unspecified atom stereocenters. The molecular weight excluding hydrogens is 538 g/mol. The van der Waals surface area contributed by atoms with E-state index in [1.807, 2.05) is 0 Å². The summed E-state index contributed by atoms with van der Waals surface area (Å²) in [6, 6.07) is 16.3. The second-order valence-corrected chi connectivity index (χ2v) is 10.5. The van der Waals surface area contributed by atoms with Crippen molar-refractivity contribution < 1.29 is 29.3 Å². The fourth-order valence-electron chi connectivity index (χ4n) is 5.72. The van der Waals surface area contributed by atoms with Gasteiger partial charge in [-0.15, -0.1) is 0 Å². The number of aromatic amines is 2. The highest BCUT2D eigenvalue weighted by molar-refractivity contribution is 6.12. The Morgan fingerprint density at radius 2 is 1.60 bits per heavy atom. The number of nitrogens with zero attached hydrogens (tertiary/aromatic N) is 2. The number of H-pyrrole nitrogens is 2. The molecule has 4 heterocycles. The van der Waals surface area contributed by atoms with Crippen LogP contribution in [-0.4, -0.2) is 75.7 Å². The maximum Gasteiger partial charge on any atom is 0.274 e. The third-order valence-corrected chi connectivity index (χ3v) is 7.87. The predicted molar refractivity (Wildman–Crippen MR) is 156 cm³/mol. The summed E-state index contributed by atoms with van der Waals surface area (Å²) in [5.74, 6) is -0.672. The van der Waals surface area contributed by atoms with E-state index in [4.69, 9.17) is 4.74 Å². The standard InChI is InChI=1S/C31H27N5O6/c37-20-4-1-17(2-5-20)29(39)32-19-3-6-23-18(13-19)14-24(33-23)31(41)36-8-7-21-22-15-25(30(40)35-9-11-42-12-10-35)34-28(22)27(38)16-26(21)36/h1-6,13-16,33-34,37-38H,7-12H2,(H,32,39). The third-order valence-electron chi connectivity index (χ3n) is 7.87. The lowest BCUT2D eigenvalue weighted by Gasteiger charge is -2.26. The van der Waals surface area contributed by atoms with Crippen LogP contribution in [0.5, 0.6) is 11.5 Å². The van der Waals surface area contributed by atoms with Crippen molar-refractivity contribution in [2.24, 2.45) is 0 Å². The number of benzene rings is 3. The van der Waals surface area contributed by atoms with E-state index in [9.17, 15) is 24.6 Å². The molecule has 7 rings (SSSR count). The Bertz CT molecular complexity index is 1880. The number of amides is 3. The SMILES string of the molecule is O=C(Nc1ccc2[nH]c(C(=O)N3CCc4c3cc(O)c3[nH]c(C(=O)N5CCOCC5)cc43)cc2c1)c1ccc(O)cc1. The Kier molecular flexibility index (Phi) is 6.09. The van der Waals surface area contributed by atoms with E-state index in [1.165, 1.54) is 24.3 Å². The quantitative estimate of drug-likeness (QED) is 0.222. The molecule has 2 aliphatic heterocycles. The first-order valence-electron chi connectivity index (χ1n) is 13.7. The fraction of sp³-hybridized carbons (Fsp3) is 0.194. The smallest absolute Gasteiger partial charge is 0.274 e. The number of anilines is 2. The topological polar surface area (TPSA) is 151 Å². The maximum absolute atomic E-state index is 13.7. The number of carbonyl (C=O) groups excluding carboxylic acids is 3.